The fourth-order valence-electron chi connectivity index (χ4n) is 1.74. The Morgan fingerprint density at radius 1 is 1.22 bits per heavy atom. The molecule has 1 N–H and O–H groups in total. The lowest BCUT2D eigenvalue weighted by atomic mass is 10.1. The molecule has 23 heavy (non-hydrogen) atoms. The second kappa shape index (κ2) is 7.71. The molecule has 0 fully saturated rings. The van der Waals surface area contributed by atoms with Gasteiger partial charge in [-0.15, -0.1) is 0 Å². The van der Waals surface area contributed by atoms with E-state index in [2.05, 4.69) is 10.5 Å². The summed E-state index contributed by atoms with van der Waals surface area (Å²) in [4.78, 5) is 21.9. The van der Waals surface area contributed by atoms with Crippen molar-refractivity contribution in [3.63, 3.8) is 0 Å². The van der Waals surface area contributed by atoms with Crippen LogP contribution in [-0.2, 0) is 11.2 Å². The lowest BCUT2D eigenvalue weighted by Gasteiger charge is -2.01. The van der Waals surface area contributed by atoms with Crippen LogP contribution in [0.15, 0.2) is 47.6 Å². The average Bonchev–Trinajstić information content (AvgIpc) is 2.51. The molecule has 118 valence electrons. The summed E-state index contributed by atoms with van der Waals surface area (Å²) in [5.74, 6) is -0.329. The van der Waals surface area contributed by atoms with Gasteiger partial charge in [0, 0.05) is 27.7 Å². The van der Waals surface area contributed by atoms with Gasteiger partial charge in [-0.3, -0.25) is 14.9 Å². The summed E-state index contributed by atoms with van der Waals surface area (Å²) < 4.78 is 0. The van der Waals surface area contributed by atoms with Gasteiger partial charge in [0.2, 0.25) is 5.91 Å². The third-order valence-corrected chi connectivity index (χ3v) is 3.46. The molecule has 0 aromatic heterocycles. The number of hydrazone groups is 1. The summed E-state index contributed by atoms with van der Waals surface area (Å²) in [6, 6.07) is 10.8. The fourth-order valence-corrected chi connectivity index (χ4v) is 2.04. The molecule has 8 heteroatoms. The van der Waals surface area contributed by atoms with Crippen LogP contribution < -0.4 is 5.43 Å². The normalized spacial score (nSPS) is 10.7. The number of hydrogen-bond acceptors (Lipinski definition) is 4. The Morgan fingerprint density at radius 2 is 1.91 bits per heavy atom. The first-order chi connectivity index (χ1) is 11.0. The highest BCUT2D eigenvalue weighted by Gasteiger charge is 2.08. The quantitative estimate of drug-likeness (QED) is 0.507. The fraction of sp³-hybridized carbons (Fsp3) is 0.0667. The molecule has 2 aromatic rings. The molecule has 6 nitrogen and oxygen atoms in total. The van der Waals surface area contributed by atoms with Crippen molar-refractivity contribution in [2.24, 2.45) is 5.10 Å². The molecule has 1 amide bonds. The smallest absolute Gasteiger partial charge is 0.270 e. The minimum atomic E-state index is -0.535. The molecular weight excluding hydrogens is 341 g/mol. The number of benzene rings is 2. The monoisotopic (exact) mass is 351 g/mol. The average molecular weight is 352 g/mol. The van der Waals surface area contributed by atoms with Gasteiger partial charge < -0.3 is 0 Å². The van der Waals surface area contributed by atoms with Crippen molar-refractivity contribution < 1.29 is 9.72 Å². The maximum atomic E-state index is 11.7. The molecule has 0 bridgehead atoms. The highest BCUT2D eigenvalue weighted by molar-refractivity contribution is 6.33. The summed E-state index contributed by atoms with van der Waals surface area (Å²) in [5, 5.41) is 15.4. The molecule has 0 aliphatic carbocycles. The summed E-state index contributed by atoms with van der Waals surface area (Å²) in [7, 11) is 0. The summed E-state index contributed by atoms with van der Waals surface area (Å²) in [6.45, 7) is 0. The van der Waals surface area contributed by atoms with Crippen molar-refractivity contribution in [2.75, 3.05) is 0 Å². The lowest BCUT2D eigenvalue weighted by Crippen LogP contribution is -2.19. The van der Waals surface area contributed by atoms with Crippen LogP contribution in [0.25, 0.3) is 0 Å². The van der Waals surface area contributed by atoms with Gasteiger partial charge in [0.05, 0.1) is 17.6 Å². The van der Waals surface area contributed by atoms with Crippen LogP contribution in [0, 0.1) is 10.1 Å². The van der Waals surface area contributed by atoms with Gasteiger partial charge >= 0.3 is 0 Å². The number of hydrogen-bond donors (Lipinski definition) is 1. The Bertz CT molecular complexity index is 761. The predicted octanol–water partition coefficient (Wildman–Crippen LogP) is 3.59. The topological polar surface area (TPSA) is 84.6 Å². The zero-order chi connectivity index (χ0) is 16.8. The Labute approximate surface area is 141 Å². The highest BCUT2D eigenvalue weighted by atomic mass is 35.5. The number of carbonyl (C=O) groups excluding carboxylic acids is 1. The van der Waals surface area contributed by atoms with Gasteiger partial charge in [-0.1, -0.05) is 35.3 Å². The third-order valence-electron chi connectivity index (χ3n) is 2.86. The van der Waals surface area contributed by atoms with Gasteiger partial charge in [0.15, 0.2) is 0 Å². The largest absolute Gasteiger partial charge is 0.273 e. The van der Waals surface area contributed by atoms with E-state index < -0.39 is 4.92 Å². The van der Waals surface area contributed by atoms with E-state index in [1.54, 1.807) is 24.3 Å². The Morgan fingerprint density at radius 3 is 2.57 bits per heavy atom. The molecule has 0 aliphatic heterocycles. The Hall–Kier alpha value is -2.44. The Kier molecular flexibility index (Phi) is 5.67. The van der Waals surface area contributed by atoms with Crippen molar-refractivity contribution in [3.8, 4) is 0 Å². The first-order valence-corrected chi connectivity index (χ1v) is 7.21. The van der Waals surface area contributed by atoms with Gasteiger partial charge in [0.25, 0.3) is 5.69 Å². The van der Waals surface area contributed by atoms with E-state index >= 15 is 0 Å². The minimum absolute atomic E-state index is 0.108. The molecule has 0 heterocycles. The first-order valence-electron chi connectivity index (χ1n) is 6.46. The minimum Gasteiger partial charge on any atom is -0.273 e. The first kappa shape index (κ1) is 16.9. The highest BCUT2D eigenvalue weighted by Crippen LogP contribution is 2.20. The molecule has 0 unspecified atom stereocenters. The molecule has 2 aromatic carbocycles. The summed E-state index contributed by atoms with van der Waals surface area (Å²) in [5.41, 5.74) is 3.36. The number of non-ortho nitro benzene ring substituents is 1. The predicted molar refractivity (Wildman–Crippen MR) is 89.0 cm³/mol. The van der Waals surface area contributed by atoms with Crippen LogP contribution in [0.3, 0.4) is 0 Å². The van der Waals surface area contributed by atoms with E-state index in [0.29, 0.717) is 15.6 Å². The number of rotatable bonds is 5. The molecule has 0 atom stereocenters. The number of nitro benzene ring substituents is 1. The zero-order valence-corrected chi connectivity index (χ0v) is 13.2. The molecule has 0 aliphatic rings. The standard InChI is InChI=1S/C15H11Cl2N3O3/c16-12-3-1-10(2-4-12)7-15(21)19-18-9-11-8-13(20(22)23)5-6-14(11)17/h1-6,8-9H,7H2,(H,19,21). The van der Waals surface area contributed by atoms with E-state index in [-0.39, 0.29) is 18.0 Å². The second-order valence-corrected chi connectivity index (χ2v) is 5.40. The molecule has 0 radical (unpaired) electrons. The van der Waals surface area contributed by atoms with Crippen LogP contribution in [0.1, 0.15) is 11.1 Å². The van der Waals surface area contributed by atoms with Gasteiger partial charge in [0.1, 0.15) is 0 Å². The number of amides is 1. The van der Waals surface area contributed by atoms with E-state index in [1.807, 2.05) is 0 Å². The lowest BCUT2D eigenvalue weighted by molar-refractivity contribution is -0.384. The van der Waals surface area contributed by atoms with Crippen LogP contribution in [0.5, 0.6) is 0 Å². The molecule has 0 spiro atoms. The molecule has 0 saturated carbocycles. The van der Waals surface area contributed by atoms with Crippen molar-refractivity contribution >= 4 is 41.0 Å². The van der Waals surface area contributed by atoms with Crippen molar-refractivity contribution in [3.05, 3.63) is 73.8 Å². The number of halogens is 2. The van der Waals surface area contributed by atoms with E-state index in [4.69, 9.17) is 23.2 Å². The maximum absolute atomic E-state index is 11.7. The molecular formula is C15H11Cl2N3O3. The van der Waals surface area contributed by atoms with Crippen molar-refractivity contribution in [2.45, 2.75) is 6.42 Å². The zero-order valence-electron chi connectivity index (χ0n) is 11.7. The SMILES string of the molecule is O=C(Cc1ccc(Cl)cc1)NN=Cc1cc([N+](=O)[O-])ccc1Cl. The van der Waals surface area contributed by atoms with E-state index in [9.17, 15) is 14.9 Å². The van der Waals surface area contributed by atoms with Gasteiger partial charge in [-0.05, 0) is 23.8 Å². The summed E-state index contributed by atoms with van der Waals surface area (Å²) in [6.07, 6.45) is 1.40. The Balaban J connectivity index is 1.98. The number of carbonyl (C=O) groups is 1. The second-order valence-electron chi connectivity index (χ2n) is 4.56. The third kappa shape index (κ3) is 5.05. The number of nitro groups is 1. The number of nitrogens with zero attached hydrogens (tertiary/aromatic N) is 2. The maximum Gasteiger partial charge on any atom is 0.270 e. The van der Waals surface area contributed by atoms with Gasteiger partial charge in [-0.2, -0.15) is 5.10 Å². The van der Waals surface area contributed by atoms with Gasteiger partial charge in [-0.25, -0.2) is 5.43 Å². The van der Waals surface area contributed by atoms with Crippen LogP contribution >= 0.6 is 23.2 Å². The summed E-state index contributed by atoms with van der Waals surface area (Å²) >= 11 is 11.7. The van der Waals surface area contributed by atoms with Crippen LogP contribution in [0.2, 0.25) is 10.0 Å². The molecule has 2 rings (SSSR count). The van der Waals surface area contributed by atoms with E-state index in [0.717, 1.165) is 5.56 Å². The van der Waals surface area contributed by atoms with Crippen LogP contribution in [0.4, 0.5) is 5.69 Å². The number of nitrogens with one attached hydrogen (secondary N) is 1. The van der Waals surface area contributed by atoms with Crippen LogP contribution in [-0.4, -0.2) is 17.0 Å². The van der Waals surface area contributed by atoms with Crippen molar-refractivity contribution in [1.82, 2.24) is 5.43 Å². The molecule has 0 saturated heterocycles. The van der Waals surface area contributed by atoms with Crippen molar-refractivity contribution in [1.29, 1.82) is 0 Å². The van der Waals surface area contributed by atoms with E-state index in [1.165, 1.54) is 24.4 Å².